The van der Waals surface area contributed by atoms with Crippen LogP contribution in [0.5, 0.6) is 0 Å². The fraction of sp³-hybridized carbons (Fsp3) is 0.200. The summed E-state index contributed by atoms with van der Waals surface area (Å²) in [4.78, 5) is 27.6. The van der Waals surface area contributed by atoms with Gasteiger partial charge in [-0.3, -0.25) is 14.5 Å². The van der Waals surface area contributed by atoms with Gasteiger partial charge in [0.05, 0.1) is 0 Å². The average molecular weight is 303 g/mol. The smallest absolute Gasteiger partial charge is 0.191 e. The van der Waals surface area contributed by atoms with E-state index < -0.39 is 0 Å². The molecule has 1 heterocycles. The van der Waals surface area contributed by atoms with Crippen LogP contribution < -0.4 is 0 Å². The zero-order valence-electron chi connectivity index (χ0n) is 13.0. The lowest BCUT2D eigenvalue weighted by atomic mass is 9.84. The van der Waals surface area contributed by atoms with Crippen molar-refractivity contribution in [1.82, 2.24) is 4.90 Å². The van der Waals surface area contributed by atoms with Crippen LogP contribution in [0.3, 0.4) is 0 Å². The number of allylic oxidation sites excluding steroid dienone is 1. The molecule has 0 aromatic heterocycles. The molecule has 3 nitrogen and oxygen atoms in total. The second-order valence-corrected chi connectivity index (χ2v) is 6.22. The third-order valence-electron chi connectivity index (χ3n) is 4.77. The van der Waals surface area contributed by atoms with E-state index in [0.717, 1.165) is 13.1 Å². The van der Waals surface area contributed by atoms with E-state index in [2.05, 4.69) is 17.0 Å². The zero-order valence-corrected chi connectivity index (χ0v) is 13.0. The van der Waals surface area contributed by atoms with Crippen LogP contribution in [-0.4, -0.2) is 23.0 Å². The minimum Gasteiger partial charge on any atom is -0.290 e. The molecule has 0 bridgehead atoms. The summed E-state index contributed by atoms with van der Waals surface area (Å²) in [5.74, 6) is -0.0273. The van der Waals surface area contributed by atoms with E-state index in [-0.39, 0.29) is 11.6 Å². The number of nitrogens with zero attached hydrogens (tertiary/aromatic N) is 1. The Morgan fingerprint density at radius 2 is 1.35 bits per heavy atom. The summed E-state index contributed by atoms with van der Waals surface area (Å²) in [7, 11) is 0. The van der Waals surface area contributed by atoms with Gasteiger partial charge < -0.3 is 0 Å². The SMILES string of the molecule is CC1=C(CN2Cc3ccccc3C2)C(=O)c2ccccc2C1=O. The van der Waals surface area contributed by atoms with Crippen LogP contribution >= 0.6 is 0 Å². The van der Waals surface area contributed by atoms with Crippen molar-refractivity contribution >= 4 is 11.6 Å². The number of hydrogen-bond donors (Lipinski definition) is 0. The highest BCUT2D eigenvalue weighted by Crippen LogP contribution is 2.29. The highest BCUT2D eigenvalue weighted by atomic mass is 16.1. The van der Waals surface area contributed by atoms with Gasteiger partial charge in [0, 0.05) is 41.9 Å². The molecule has 114 valence electrons. The molecule has 2 aliphatic rings. The van der Waals surface area contributed by atoms with Crippen molar-refractivity contribution in [3.63, 3.8) is 0 Å². The summed E-state index contributed by atoms with van der Waals surface area (Å²) in [6, 6.07) is 15.4. The van der Waals surface area contributed by atoms with Gasteiger partial charge in [-0.1, -0.05) is 48.5 Å². The topological polar surface area (TPSA) is 37.4 Å². The van der Waals surface area contributed by atoms with Crippen molar-refractivity contribution in [2.24, 2.45) is 0 Å². The summed E-state index contributed by atoms with van der Waals surface area (Å²) in [5, 5.41) is 0. The Labute approximate surface area is 135 Å². The van der Waals surface area contributed by atoms with Gasteiger partial charge in [0.15, 0.2) is 11.6 Å². The molecule has 4 rings (SSSR count). The molecule has 1 aliphatic heterocycles. The van der Waals surface area contributed by atoms with Crippen molar-refractivity contribution in [2.45, 2.75) is 20.0 Å². The molecular formula is C20H17NO2. The predicted octanol–water partition coefficient (Wildman–Crippen LogP) is 3.40. The Morgan fingerprint density at radius 1 is 0.826 bits per heavy atom. The number of fused-ring (bicyclic) bond motifs is 2. The minimum atomic E-state index is -0.0214. The maximum Gasteiger partial charge on any atom is 0.191 e. The lowest BCUT2D eigenvalue weighted by molar-refractivity contribution is 0.0966. The molecule has 0 saturated carbocycles. The van der Waals surface area contributed by atoms with Gasteiger partial charge in [0.1, 0.15) is 0 Å². The fourth-order valence-electron chi connectivity index (χ4n) is 3.48. The van der Waals surface area contributed by atoms with Crippen molar-refractivity contribution < 1.29 is 9.59 Å². The minimum absolute atomic E-state index is 0.00587. The summed E-state index contributed by atoms with van der Waals surface area (Å²) in [6.07, 6.45) is 0. The first-order valence-electron chi connectivity index (χ1n) is 7.82. The Kier molecular flexibility index (Phi) is 3.24. The van der Waals surface area contributed by atoms with E-state index in [1.165, 1.54) is 11.1 Å². The molecular weight excluding hydrogens is 286 g/mol. The maximum atomic E-state index is 12.8. The zero-order chi connectivity index (χ0) is 16.0. The van der Waals surface area contributed by atoms with Crippen LogP contribution in [0.2, 0.25) is 0 Å². The van der Waals surface area contributed by atoms with Gasteiger partial charge in [-0.05, 0) is 18.1 Å². The second-order valence-electron chi connectivity index (χ2n) is 6.22. The van der Waals surface area contributed by atoms with Crippen molar-refractivity contribution in [3.8, 4) is 0 Å². The van der Waals surface area contributed by atoms with Gasteiger partial charge in [0.25, 0.3) is 0 Å². The number of Topliss-reactive ketones (excluding diaryl/α,β-unsaturated/α-hetero) is 2. The molecule has 0 N–H and O–H groups in total. The monoisotopic (exact) mass is 303 g/mol. The number of benzene rings is 2. The van der Waals surface area contributed by atoms with Gasteiger partial charge in [-0.15, -0.1) is 0 Å². The first kappa shape index (κ1) is 14.1. The van der Waals surface area contributed by atoms with Crippen LogP contribution in [0, 0.1) is 0 Å². The predicted molar refractivity (Wildman–Crippen MR) is 88.4 cm³/mol. The summed E-state index contributed by atoms with van der Waals surface area (Å²) in [5.41, 5.74) is 4.91. The molecule has 2 aromatic rings. The van der Waals surface area contributed by atoms with Crippen molar-refractivity contribution in [2.75, 3.05) is 6.54 Å². The Hall–Kier alpha value is -2.52. The van der Waals surface area contributed by atoms with E-state index in [9.17, 15) is 9.59 Å². The molecule has 0 spiro atoms. The number of carbonyl (C=O) groups excluding carboxylic acids is 2. The summed E-state index contributed by atoms with van der Waals surface area (Å²) < 4.78 is 0. The molecule has 23 heavy (non-hydrogen) atoms. The van der Waals surface area contributed by atoms with Gasteiger partial charge >= 0.3 is 0 Å². The lowest BCUT2D eigenvalue weighted by Gasteiger charge is -2.23. The summed E-state index contributed by atoms with van der Waals surface area (Å²) >= 11 is 0. The van der Waals surface area contributed by atoms with Crippen LogP contribution in [-0.2, 0) is 13.1 Å². The quantitative estimate of drug-likeness (QED) is 0.853. The molecule has 0 radical (unpaired) electrons. The first-order chi connectivity index (χ1) is 11.1. The number of hydrogen-bond acceptors (Lipinski definition) is 3. The number of carbonyl (C=O) groups is 2. The van der Waals surface area contributed by atoms with Gasteiger partial charge in [-0.25, -0.2) is 0 Å². The van der Waals surface area contributed by atoms with Crippen molar-refractivity contribution in [1.29, 1.82) is 0 Å². The van der Waals surface area contributed by atoms with E-state index in [4.69, 9.17) is 0 Å². The lowest BCUT2D eigenvalue weighted by Crippen LogP contribution is -2.29. The largest absolute Gasteiger partial charge is 0.290 e. The van der Waals surface area contributed by atoms with Crippen molar-refractivity contribution in [3.05, 3.63) is 81.9 Å². The first-order valence-corrected chi connectivity index (χ1v) is 7.82. The van der Waals surface area contributed by atoms with Gasteiger partial charge in [0.2, 0.25) is 0 Å². The standard InChI is InChI=1S/C20H17NO2/c1-13-18(12-21-10-14-6-2-3-7-15(14)11-21)20(23)17-9-5-4-8-16(17)19(13)22/h2-9H,10-12H2,1H3. The summed E-state index contributed by atoms with van der Waals surface area (Å²) in [6.45, 7) is 3.96. The van der Waals surface area contributed by atoms with Crippen LogP contribution in [0.1, 0.15) is 38.8 Å². The molecule has 0 amide bonds. The highest BCUT2D eigenvalue weighted by molar-refractivity contribution is 6.26. The molecule has 0 unspecified atom stereocenters. The van der Waals surface area contributed by atoms with E-state index >= 15 is 0 Å². The second kappa shape index (κ2) is 5.28. The Balaban J connectivity index is 1.64. The molecule has 0 saturated heterocycles. The van der Waals surface area contributed by atoms with E-state index in [1.54, 1.807) is 25.1 Å². The van der Waals surface area contributed by atoms with E-state index in [1.807, 2.05) is 18.2 Å². The van der Waals surface area contributed by atoms with Crippen LogP contribution in [0.4, 0.5) is 0 Å². The van der Waals surface area contributed by atoms with Crippen LogP contribution in [0.15, 0.2) is 59.7 Å². The van der Waals surface area contributed by atoms with Gasteiger partial charge in [-0.2, -0.15) is 0 Å². The molecule has 0 fully saturated rings. The third-order valence-corrected chi connectivity index (χ3v) is 4.77. The van der Waals surface area contributed by atoms with E-state index in [0.29, 0.717) is 28.8 Å². The molecule has 3 heteroatoms. The Morgan fingerprint density at radius 3 is 1.96 bits per heavy atom. The number of rotatable bonds is 2. The number of ketones is 2. The fourth-order valence-corrected chi connectivity index (χ4v) is 3.48. The maximum absolute atomic E-state index is 12.8. The Bertz CT molecular complexity index is 838. The third kappa shape index (κ3) is 2.25. The molecule has 2 aromatic carbocycles. The molecule has 1 aliphatic carbocycles. The highest BCUT2D eigenvalue weighted by Gasteiger charge is 2.31. The molecule has 0 atom stereocenters. The average Bonchev–Trinajstić information content (AvgIpc) is 2.99. The van der Waals surface area contributed by atoms with Crippen LogP contribution in [0.25, 0.3) is 0 Å². The normalized spacial score (nSPS) is 17.4.